The molecule has 1 saturated carbocycles. The minimum Gasteiger partial charge on any atom is -0.379 e. The molecule has 0 unspecified atom stereocenters. The maximum absolute atomic E-state index is 12.8. The highest BCUT2D eigenvalue weighted by molar-refractivity contribution is 5.82. The van der Waals surface area contributed by atoms with Crippen molar-refractivity contribution in [2.75, 3.05) is 0 Å². The fourth-order valence-corrected chi connectivity index (χ4v) is 3.65. The van der Waals surface area contributed by atoms with E-state index in [4.69, 9.17) is 0 Å². The van der Waals surface area contributed by atoms with Gasteiger partial charge in [-0.1, -0.05) is 13.0 Å². The monoisotopic (exact) mass is 392 g/mol. The SMILES string of the molecule is CC[C@@](O)(c1ccc(C(F)(F)F)nc1)c1c2ccn(C3CC3)c(=O)c2nn1C. The summed E-state index contributed by atoms with van der Waals surface area (Å²) in [4.78, 5) is 16.2. The third-order valence-corrected chi connectivity index (χ3v) is 5.30. The molecule has 4 rings (SSSR count). The number of alkyl halides is 3. The molecule has 0 aromatic carbocycles. The smallest absolute Gasteiger partial charge is 0.379 e. The highest BCUT2D eigenvalue weighted by atomic mass is 19.4. The lowest BCUT2D eigenvalue weighted by molar-refractivity contribution is -0.141. The summed E-state index contributed by atoms with van der Waals surface area (Å²) in [6.45, 7) is 1.71. The van der Waals surface area contributed by atoms with Crippen LogP contribution in [0.3, 0.4) is 0 Å². The van der Waals surface area contributed by atoms with Crippen LogP contribution in [0, 0.1) is 0 Å². The van der Waals surface area contributed by atoms with Gasteiger partial charge in [-0.3, -0.25) is 14.5 Å². The molecule has 0 aliphatic heterocycles. The van der Waals surface area contributed by atoms with Crippen LogP contribution >= 0.6 is 0 Å². The lowest BCUT2D eigenvalue weighted by Gasteiger charge is -2.28. The second kappa shape index (κ2) is 6.16. The zero-order chi connectivity index (χ0) is 20.3. The van der Waals surface area contributed by atoms with E-state index >= 15 is 0 Å². The van der Waals surface area contributed by atoms with E-state index in [0.717, 1.165) is 25.1 Å². The normalized spacial score (nSPS) is 17.1. The summed E-state index contributed by atoms with van der Waals surface area (Å²) in [7, 11) is 1.61. The Kier molecular flexibility index (Phi) is 4.11. The lowest BCUT2D eigenvalue weighted by atomic mass is 9.87. The number of aliphatic hydroxyl groups is 1. The first-order valence-corrected chi connectivity index (χ1v) is 9.01. The van der Waals surface area contributed by atoms with Crippen LogP contribution < -0.4 is 5.56 Å². The van der Waals surface area contributed by atoms with Crippen LogP contribution in [0.25, 0.3) is 10.9 Å². The molecule has 3 heterocycles. The largest absolute Gasteiger partial charge is 0.433 e. The molecule has 3 aromatic rings. The zero-order valence-electron chi connectivity index (χ0n) is 15.4. The predicted molar refractivity (Wildman–Crippen MR) is 95.8 cm³/mol. The molecule has 1 aliphatic rings. The standard InChI is InChI=1S/C19H19F3N4O2/c1-3-18(28,11-4-7-14(23-10-11)19(20,21)22)16-13-8-9-26(12-5-6-12)17(27)15(13)24-25(16)2/h4,7-10,12,28H,3,5-6H2,1-2H3/t18-/m1/s1. The molecular formula is C19H19F3N4O2. The lowest BCUT2D eigenvalue weighted by Crippen LogP contribution is -2.30. The average molecular weight is 392 g/mol. The van der Waals surface area contributed by atoms with E-state index in [1.54, 1.807) is 30.8 Å². The molecule has 9 heteroatoms. The van der Waals surface area contributed by atoms with E-state index in [-0.39, 0.29) is 29.1 Å². The van der Waals surface area contributed by atoms with Crippen molar-refractivity contribution in [1.82, 2.24) is 19.3 Å². The van der Waals surface area contributed by atoms with Crippen molar-refractivity contribution in [3.63, 3.8) is 0 Å². The summed E-state index contributed by atoms with van der Waals surface area (Å²) < 4.78 is 41.5. The van der Waals surface area contributed by atoms with E-state index in [0.29, 0.717) is 11.1 Å². The van der Waals surface area contributed by atoms with Crippen LogP contribution in [0.4, 0.5) is 13.2 Å². The maximum atomic E-state index is 12.8. The first-order chi connectivity index (χ1) is 13.2. The zero-order valence-corrected chi connectivity index (χ0v) is 15.4. The first-order valence-electron chi connectivity index (χ1n) is 9.01. The minimum atomic E-state index is -4.56. The summed E-state index contributed by atoms with van der Waals surface area (Å²) in [5, 5.41) is 16.2. The molecular weight excluding hydrogens is 373 g/mol. The fourth-order valence-electron chi connectivity index (χ4n) is 3.65. The quantitative estimate of drug-likeness (QED) is 0.741. The molecule has 0 spiro atoms. The molecule has 3 aromatic heterocycles. The number of hydrogen-bond acceptors (Lipinski definition) is 4. The highest BCUT2D eigenvalue weighted by Gasteiger charge is 2.38. The summed E-state index contributed by atoms with van der Waals surface area (Å²) in [5.74, 6) is 0. The van der Waals surface area contributed by atoms with Crippen molar-refractivity contribution >= 4 is 10.9 Å². The van der Waals surface area contributed by atoms with E-state index in [2.05, 4.69) is 10.1 Å². The first kappa shape index (κ1) is 18.7. The Balaban J connectivity index is 1.87. The summed E-state index contributed by atoms with van der Waals surface area (Å²) in [6, 6.07) is 3.97. The number of fused-ring (bicyclic) bond motifs is 1. The molecule has 1 N–H and O–H groups in total. The Hall–Kier alpha value is -2.68. The van der Waals surface area contributed by atoms with Gasteiger partial charge in [0.1, 0.15) is 11.3 Å². The molecule has 28 heavy (non-hydrogen) atoms. The molecule has 0 saturated heterocycles. The third-order valence-electron chi connectivity index (χ3n) is 5.30. The molecule has 0 bridgehead atoms. The van der Waals surface area contributed by atoms with Crippen molar-refractivity contribution in [2.24, 2.45) is 7.05 Å². The Morgan fingerprint density at radius 1 is 1.25 bits per heavy atom. The van der Waals surface area contributed by atoms with E-state index in [9.17, 15) is 23.1 Å². The maximum Gasteiger partial charge on any atom is 0.433 e. The molecule has 6 nitrogen and oxygen atoms in total. The molecule has 1 atom stereocenters. The molecule has 1 aliphatic carbocycles. The van der Waals surface area contributed by atoms with E-state index in [1.165, 1.54) is 10.7 Å². The van der Waals surface area contributed by atoms with Gasteiger partial charge in [0.05, 0.1) is 5.69 Å². The van der Waals surface area contributed by atoms with E-state index < -0.39 is 17.5 Å². The predicted octanol–water partition coefficient (Wildman–Crippen LogP) is 3.13. The van der Waals surface area contributed by atoms with Gasteiger partial charge >= 0.3 is 6.18 Å². The van der Waals surface area contributed by atoms with Gasteiger partial charge in [-0.25, -0.2) is 0 Å². The van der Waals surface area contributed by atoms with Gasteiger partial charge in [-0.15, -0.1) is 0 Å². The molecule has 148 valence electrons. The second-order valence-electron chi connectivity index (χ2n) is 7.14. The van der Waals surface area contributed by atoms with Crippen LogP contribution in [0.2, 0.25) is 0 Å². The molecule has 0 amide bonds. The van der Waals surface area contributed by atoms with Crippen molar-refractivity contribution in [3.8, 4) is 0 Å². The van der Waals surface area contributed by atoms with Crippen LogP contribution in [-0.4, -0.2) is 24.4 Å². The van der Waals surface area contributed by atoms with Gasteiger partial charge in [0.25, 0.3) is 5.56 Å². The number of hydrogen-bond donors (Lipinski definition) is 1. The van der Waals surface area contributed by atoms with Gasteiger partial charge in [0.2, 0.25) is 0 Å². The third kappa shape index (κ3) is 2.81. The van der Waals surface area contributed by atoms with Crippen LogP contribution in [0.15, 0.2) is 35.4 Å². The molecule has 1 fully saturated rings. The summed E-state index contributed by atoms with van der Waals surface area (Å²) in [5.41, 5.74) is -2.11. The van der Waals surface area contributed by atoms with Gasteiger partial charge in [0, 0.05) is 36.4 Å². The summed E-state index contributed by atoms with van der Waals surface area (Å²) in [6.07, 6.45) is 0.212. The van der Waals surface area contributed by atoms with E-state index in [1.807, 2.05) is 0 Å². The highest BCUT2D eigenvalue weighted by Crippen LogP contribution is 2.38. The summed E-state index contributed by atoms with van der Waals surface area (Å²) >= 11 is 0. The number of nitrogens with zero attached hydrogens (tertiary/aromatic N) is 4. The van der Waals surface area contributed by atoms with Crippen LogP contribution in [-0.2, 0) is 18.8 Å². The number of aryl methyl sites for hydroxylation is 1. The topological polar surface area (TPSA) is 72.9 Å². The van der Waals surface area contributed by atoms with Crippen molar-refractivity contribution in [1.29, 1.82) is 0 Å². The Bertz CT molecular complexity index is 1100. The number of pyridine rings is 2. The Labute approximate surface area is 158 Å². The Morgan fingerprint density at radius 2 is 1.96 bits per heavy atom. The van der Waals surface area contributed by atoms with Crippen LogP contribution in [0.5, 0.6) is 0 Å². The average Bonchev–Trinajstić information content (AvgIpc) is 3.43. The Morgan fingerprint density at radius 3 is 2.50 bits per heavy atom. The molecule has 0 radical (unpaired) electrons. The fraction of sp³-hybridized carbons (Fsp3) is 0.421. The minimum absolute atomic E-state index is 0.167. The van der Waals surface area contributed by atoms with Crippen LogP contribution in [0.1, 0.15) is 49.2 Å². The van der Waals surface area contributed by atoms with Gasteiger partial charge in [-0.2, -0.15) is 18.3 Å². The number of rotatable bonds is 4. The van der Waals surface area contributed by atoms with Crippen molar-refractivity contribution < 1.29 is 18.3 Å². The van der Waals surface area contributed by atoms with Gasteiger partial charge in [0.15, 0.2) is 5.52 Å². The van der Waals surface area contributed by atoms with Crippen molar-refractivity contribution in [2.45, 2.75) is 44.0 Å². The second-order valence-corrected chi connectivity index (χ2v) is 7.14. The van der Waals surface area contributed by atoms with Gasteiger partial charge in [-0.05, 0) is 31.4 Å². The number of aromatic nitrogens is 4. The van der Waals surface area contributed by atoms with Gasteiger partial charge < -0.3 is 9.67 Å². The number of halogens is 3. The van der Waals surface area contributed by atoms with Crippen molar-refractivity contribution in [3.05, 3.63) is 57.9 Å².